The van der Waals surface area contributed by atoms with E-state index >= 15 is 0 Å². The molecule has 0 bridgehead atoms. The quantitative estimate of drug-likeness (QED) is 0.654. The van der Waals surface area contributed by atoms with Crippen LogP contribution in [0.1, 0.15) is 52.1 Å². The van der Waals surface area contributed by atoms with Crippen LogP contribution in [-0.2, 0) is 7.05 Å². The fraction of sp³-hybridized carbons (Fsp3) is 0.571. The van der Waals surface area contributed by atoms with Crippen molar-refractivity contribution in [3.8, 4) is 0 Å². The van der Waals surface area contributed by atoms with Crippen LogP contribution in [0.5, 0.6) is 0 Å². The van der Waals surface area contributed by atoms with Gasteiger partial charge in [-0.15, -0.1) is 0 Å². The first-order valence-electron chi connectivity index (χ1n) is 9.62. The van der Waals surface area contributed by atoms with Gasteiger partial charge in [0, 0.05) is 35.4 Å². The monoisotopic (exact) mass is 374 g/mol. The molecule has 1 aromatic heterocycles. The van der Waals surface area contributed by atoms with E-state index in [1.807, 2.05) is 32.9 Å². The smallest absolute Gasteiger partial charge is 0.408 e. The molecule has 1 aliphatic rings. The van der Waals surface area contributed by atoms with Gasteiger partial charge in [-0.05, 0) is 58.7 Å². The van der Waals surface area contributed by atoms with E-state index < -0.39 is 6.09 Å². The fourth-order valence-electron chi connectivity index (χ4n) is 3.90. The Kier molecular flexibility index (Phi) is 6.42. The Balaban J connectivity index is 0.000000198. The van der Waals surface area contributed by atoms with E-state index in [0.29, 0.717) is 0 Å². The number of fused-ring (bicyclic) bond motifs is 1. The van der Waals surface area contributed by atoms with Gasteiger partial charge >= 0.3 is 6.09 Å². The van der Waals surface area contributed by atoms with E-state index in [1.54, 1.807) is 0 Å². The lowest BCUT2D eigenvalue weighted by Crippen LogP contribution is -2.58. The highest BCUT2D eigenvalue weighted by Crippen LogP contribution is 2.27. The molecule has 27 heavy (non-hydrogen) atoms. The Labute approximate surface area is 162 Å². The number of aromatic nitrogens is 1. The summed E-state index contributed by atoms with van der Waals surface area (Å²) < 4.78 is 2.14. The summed E-state index contributed by atoms with van der Waals surface area (Å²) in [7, 11) is 2.05. The van der Waals surface area contributed by atoms with Crippen LogP contribution in [0, 0.1) is 6.92 Å². The van der Waals surface area contributed by atoms with Crippen LogP contribution in [0.15, 0.2) is 24.3 Å². The molecule has 3 rings (SSSR count). The second kappa shape index (κ2) is 8.21. The Morgan fingerprint density at radius 1 is 1.26 bits per heavy atom. The predicted octanol–water partition coefficient (Wildman–Crippen LogP) is 4.10. The van der Waals surface area contributed by atoms with Gasteiger partial charge in [0.25, 0.3) is 0 Å². The highest BCUT2D eigenvalue weighted by atomic mass is 16.4. The summed E-state index contributed by atoms with van der Waals surface area (Å²) in [6.45, 7) is 7.84. The number of benzene rings is 1. The molecule has 1 fully saturated rings. The van der Waals surface area contributed by atoms with Gasteiger partial charge < -0.3 is 21.1 Å². The molecule has 0 unspecified atom stereocenters. The van der Waals surface area contributed by atoms with Crippen LogP contribution in [0.25, 0.3) is 10.9 Å². The Morgan fingerprint density at radius 2 is 1.89 bits per heavy atom. The molecule has 6 nitrogen and oxygen atoms in total. The first-order valence-corrected chi connectivity index (χ1v) is 9.62. The summed E-state index contributed by atoms with van der Waals surface area (Å²) >= 11 is 0. The first-order chi connectivity index (χ1) is 12.5. The number of nitrogens with two attached hydrogens (primary N) is 2. The number of nitrogens with zero attached hydrogens (tertiary/aromatic N) is 2. The molecule has 2 atom stereocenters. The molecule has 1 saturated carbocycles. The molecular formula is C21H34N4O2. The van der Waals surface area contributed by atoms with Crippen LogP contribution < -0.4 is 11.5 Å². The number of rotatable bonds is 1. The van der Waals surface area contributed by atoms with Crippen LogP contribution >= 0.6 is 0 Å². The zero-order valence-corrected chi connectivity index (χ0v) is 17.2. The van der Waals surface area contributed by atoms with Gasteiger partial charge in [-0.2, -0.15) is 0 Å². The summed E-state index contributed by atoms with van der Waals surface area (Å²) in [5.41, 5.74) is 14.8. The predicted molar refractivity (Wildman–Crippen MR) is 112 cm³/mol. The Morgan fingerprint density at radius 3 is 2.41 bits per heavy atom. The van der Waals surface area contributed by atoms with Crippen molar-refractivity contribution in [1.82, 2.24) is 9.47 Å². The average Bonchev–Trinajstić information content (AvgIpc) is 2.85. The molecule has 0 saturated heterocycles. The largest absolute Gasteiger partial charge is 0.465 e. The van der Waals surface area contributed by atoms with Gasteiger partial charge in [0.2, 0.25) is 0 Å². The molecule has 5 N–H and O–H groups in total. The highest BCUT2D eigenvalue weighted by molar-refractivity contribution is 5.91. The maximum atomic E-state index is 11.3. The standard InChI is InChI=1S/C11H22N2O2.C10H12N2/c1-11(2,3)13(10(14)15)9-7-5-4-6-8(9)12;1-7-6-8-9(11)4-3-5-10(8)12(7)2/h8-9H,4-7,12H2,1-3H3,(H,14,15);3-6H,11H2,1-2H3/t8-,9+;/m1./s1. The van der Waals surface area contributed by atoms with Gasteiger partial charge in [0.1, 0.15) is 0 Å². The van der Waals surface area contributed by atoms with Crippen molar-refractivity contribution in [2.45, 2.75) is 71.0 Å². The molecule has 1 aliphatic carbocycles. The Bertz CT molecular complexity index is 791. The molecule has 2 aromatic rings. The number of aryl methyl sites for hydroxylation is 2. The van der Waals surface area contributed by atoms with Crippen molar-refractivity contribution in [2.75, 3.05) is 5.73 Å². The maximum Gasteiger partial charge on any atom is 0.408 e. The number of hydrogen-bond donors (Lipinski definition) is 3. The van der Waals surface area contributed by atoms with Crippen molar-refractivity contribution < 1.29 is 9.90 Å². The zero-order valence-electron chi connectivity index (χ0n) is 17.2. The number of anilines is 1. The second-order valence-electron chi connectivity index (χ2n) is 8.46. The lowest BCUT2D eigenvalue weighted by Gasteiger charge is -2.44. The number of nitrogen functional groups attached to an aromatic ring is 1. The van der Waals surface area contributed by atoms with Crippen LogP contribution in [-0.4, -0.2) is 38.3 Å². The van der Waals surface area contributed by atoms with E-state index in [4.69, 9.17) is 11.5 Å². The minimum absolute atomic E-state index is 0.00549. The zero-order chi connectivity index (χ0) is 20.4. The molecule has 0 spiro atoms. The van der Waals surface area contributed by atoms with E-state index in [9.17, 15) is 9.90 Å². The van der Waals surface area contributed by atoms with Crippen molar-refractivity contribution >= 4 is 22.7 Å². The molecular weight excluding hydrogens is 340 g/mol. The normalized spacial score (nSPS) is 20.1. The summed E-state index contributed by atoms with van der Waals surface area (Å²) in [6.07, 6.45) is 3.17. The molecule has 1 aromatic carbocycles. The molecule has 1 amide bonds. The Hall–Kier alpha value is -2.21. The van der Waals surface area contributed by atoms with Crippen molar-refractivity contribution in [3.63, 3.8) is 0 Å². The minimum Gasteiger partial charge on any atom is -0.465 e. The van der Waals surface area contributed by atoms with Crippen LogP contribution in [0.2, 0.25) is 0 Å². The topological polar surface area (TPSA) is 97.5 Å². The number of hydrogen-bond acceptors (Lipinski definition) is 3. The van der Waals surface area contributed by atoms with E-state index in [2.05, 4.69) is 30.7 Å². The second-order valence-corrected chi connectivity index (χ2v) is 8.46. The summed E-state index contributed by atoms with van der Waals surface area (Å²) in [5, 5.41) is 10.4. The summed E-state index contributed by atoms with van der Waals surface area (Å²) in [6, 6.07) is 8.09. The molecule has 150 valence electrons. The molecule has 0 aliphatic heterocycles. The lowest BCUT2D eigenvalue weighted by molar-refractivity contribution is 0.0491. The number of carbonyl (C=O) groups is 1. The number of amides is 1. The molecule has 0 radical (unpaired) electrons. The maximum absolute atomic E-state index is 11.3. The van der Waals surface area contributed by atoms with E-state index in [-0.39, 0.29) is 17.6 Å². The van der Waals surface area contributed by atoms with Crippen molar-refractivity contribution in [3.05, 3.63) is 30.0 Å². The van der Waals surface area contributed by atoms with Crippen molar-refractivity contribution in [2.24, 2.45) is 12.8 Å². The SMILES string of the molecule is CC(C)(C)N(C(=O)O)[C@H]1CCCC[C@H]1N.Cc1cc2c(N)cccc2n1C. The van der Waals surface area contributed by atoms with Gasteiger partial charge in [0.15, 0.2) is 0 Å². The van der Waals surface area contributed by atoms with Crippen molar-refractivity contribution in [1.29, 1.82) is 0 Å². The van der Waals surface area contributed by atoms with Gasteiger partial charge in [0.05, 0.1) is 11.6 Å². The molecule has 6 heteroatoms. The van der Waals surface area contributed by atoms with Gasteiger partial charge in [-0.3, -0.25) is 4.90 Å². The summed E-state index contributed by atoms with van der Waals surface area (Å²) in [5.74, 6) is 0. The van der Waals surface area contributed by atoms with E-state index in [1.165, 1.54) is 16.1 Å². The third-order valence-electron chi connectivity index (χ3n) is 5.40. The average molecular weight is 375 g/mol. The number of carboxylic acid groups (broad SMARTS) is 1. The highest BCUT2D eigenvalue weighted by Gasteiger charge is 2.37. The van der Waals surface area contributed by atoms with E-state index in [0.717, 1.165) is 36.8 Å². The fourth-order valence-corrected chi connectivity index (χ4v) is 3.90. The lowest BCUT2D eigenvalue weighted by atomic mass is 9.87. The first kappa shape index (κ1) is 21.1. The van der Waals surface area contributed by atoms with Gasteiger partial charge in [-0.25, -0.2) is 4.79 Å². The third-order valence-corrected chi connectivity index (χ3v) is 5.40. The summed E-state index contributed by atoms with van der Waals surface area (Å²) in [4.78, 5) is 12.8. The van der Waals surface area contributed by atoms with Gasteiger partial charge in [-0.1, -0.05) is 18.9 Å². The third kappa shape index (κ3) is 4.75. The van der Waals surface area contributed by atoms with Crippen LogP contribution in [0.4, 0.5) is 10.5 Å². The molecule has 1 heterocycles. The minimum atomic E-state index is -0.857. The van der Waals surface area contributed by atoms with Crippen LogP contribution in [0.3, 0.4) is 0 Å².